The zero-order valence-electron chi connectivity index (χ0n) is 14.6. The third-order valence-electron chi connectivity index (χ3n) is 3.93. The van der Waals surface area contributed by atoms with Gasteiger partial charge in [-0.2, -0.15) is 0 Å². The number of benzene rings is 2. The van der Waals surface area contributed by atoms with Gasteiger partial charge in [-0.3, -0.25) is 4.79 Å². The van der Waals surface area contributed by atoms with Crippen molar-refractivity contribution >= 4 is 18.3 Å². The normalized spacial score (nSPS) is 11.6. The minimum atomic E-state index is -0.623. The quantitative estimate of drug-likeness (QED) is 0.817. The number of ether oxygens (including phenoxy) is 1. The fraction of sp³-hybridized carbons (Fsp3) is 0.316. The van der Waals surface area contributed by atoms with Crippen LogP contribution in [0.2, 0.25) is 0 Å². The summed E-state index contributed by atoms with van der Waals surface area (Å²) in [4.78, 5) is 12.1. The highest BCUT2D eigenvalue weighted by Gasteiger charge is 2.14. The number of halogens is 2. The summed E-state index contributed by atoms with van der Waals surface area (Å²) in [6, 6.07) is 11.8. The van der Waals surface area contributed by atoms with Crippen LogP contribution in [0.4, 0.5) is 4.39 Å². The number of carbonyl (C=O) groups is 1. The fourth-order valence-corrected chi connectivity index (χ4v) is 2.35. The molecule has 1 unspecified atom stereocenters. The average Bonchev–Trinajstić information content (AvgIpc) is 2.59. The molecule has 0 spiro atoms. The predicted octanol–water partition coefficient (Wildman–Crippen LogP) is 3.81. The Hall–Kier alpha value is -2.11. The third-order valence-corrected chi connectivity index (χ3v) is 3.93. The Kier molecular flexibility index (Phi) is 7.87. The summed E-state index contributed by atoms with van der Waals surface area (Å²) in [5.41, 5.74) is 8.23. The number of hydrogen-bond donors (Lipinski definition) is 2. The molecule has 25 heavy (non-hydrogen) atoms. The molecule has 0 bridgehead atoms. The molecule has 0 aromatic heterocycles. The van der Waals surface area contributed by atoms with Gasteiger partial charge >= 0.3 is 0 Å². The molecule has 0 saturated carbocycles. The van der Waals surface area contributed by atoms with Gasteiger partial charge in [0, 0.05) is 18.7 Å². The fourth-order valence-electron chi connectivity index (χ4n) is 2.35. The Bertz CT molecular complexity index is 705. The molecule has 0 saturated heterocycles. The molecule has 0 radical (unpaired) electrons. The van der Waals surface area contributed by atoms with Gasteiger partial charge in [0.1, 0.15) is 11.6 Å². The molecular weight excluding hydrogens is 343 g/mol. The van der Waals surface area contributed by atoms with Gasteiger partial charge < -0.3 is 15.8 Å². The van der Waals surface area contributed by atoms with Crippen molar-refractivity contribution in [2.75, 3.05) is 13.7 Å². The first-order valence-corrected chi connectivity index (χ1v) is 7.89. The lowest BCUT2D eigenvalue weighted by molar-refractivity contribution is 0.0947. The molecule has 136 valence electrons. The van der Waals surface area contributed by atoms with Gasteiger partial charge in [0.25, 0.3) is 5.91 Å². The van der Waals surface area contributed by atoms with Crippen molar-refractivity contribution in [3.8, 4) is 5.75 Å². The summed E-state index contributed by atoms with van der Waals surface area (Å²) >= 11 is 0. The van der Waals surface area contributed by atoms with E-state index in [1.54, 1.807) is 6.07 Å². The van der Waals surface area contributed by atoms with Crippen molar-refractivity contribution in [2.45, 2.75) is 25.8 Å². The minimum Gasteiger partial charge on any atom is -0.497 e. The van der Waals surface area contributed by atoms with Gasteiger partial charge in [0.15, 0.2) is 0 Å². The summed E-state index contributed by atoms with van der Waals surface area (Å²) in [6.07, 6.45) is 0. The highest BCUT2D eigenvalue weighted by molar-refractivity contribution is 5.94. The number of carbonyl (C=O) groups excluding carboxylic acids is 1. The Balaban J connectivity index is 0.00000312. The summed E-state index contributed by atoms with van der Waals surface area (Å²) in [5, 5.41) is 2.67. The SMILES string of the molecule is COc1ccc(C(=O)NCC(N)c2ccc(C(C)C)cc2)c(F)c1.Cl. The molecule has 0 fully saturated rings. The van der Waals surface area contributed by atoms with Crippen molar-refractivity contribution < 1.29 is 13.9 Å². The van der Waals surface area contributed by atoms with E-state index in [2.05, 4.69) is 19.2 Å². The molecule has 1 atom stereocenters. The van der Waals surface area contributed by atoms with Crippen molar-refractivity contribution in [3.63, 3.8) is 0 Å². The molecule has 2 aromatic rings. The summed E-state index contributed by atoms with van der Waals surface area (Å²) in [6.45, 7) is 4.47. The lowest BCUT2D eigenvalue weighted by atomic mass is 9.99. The van der Waals surface area contributed by atoms with E-state index in [0.717, 1.165) is 5.56 Å². The molecule has 0 aliphatic rings. The number of hydrogen-bond acceptors (Lipinski definition) is 3. The molecule has 1 amide bonds. The van der Waals surface area contributed by atoms with Gasteiger partial charge in [0.05, 0.1) is 12.7 Å². The summed E-state index contributed by atoms with van der Waals surface area (Å²) in [7, 11) is 1.44. The van der Waals surface area contributed by atoms with E-state index in [1.165, 1.54) is 24.8 Å². The predicted molar refractivity (Wildman–Crippen MR) is 100.0 cm³/mol. The maximum Gasteiger partial charge on any atom is 0.254 e. The molecule has 3 N–H and O–H groups in total. The largest absolute Gasteiger partial charge is 0.497 e. The van der Waals surface area contributed by atoms with Crippen LogP contribution in [0.1, 0.15) is 47.3 Å². The van der Waals surface area contributed by atoms with E-state index in [-0.39, 0.29) is 30.6 Å². The maximum atomic E-state index is 13.9. The first-order chi connectivity index (χ1) is 11.4. The average molecular weight is 367 g/mol. The minimum absolute atomic E-state index is 0. The topological polar surface area (TPSA) is 64.3 Å². The van der Waals surface area contributed by atoms with E-state index in [4.69, 9.17) is 10.5 Å². The highest BCUT2D eigenvalue weighted by Crippen LogP contribution is 2.18. The van der Waals surface area contributed by atoms with Gasteiger partial charge in [0.2, 0.25) is 0 Å². The van der Waals surface area contributed by atoms with Crippen LogP contribution in [0.3, 0.4) is 0 Å². The van der Waals surface area contributed by atoms with Crippen molar-refractivity contribution in [1.82, 2.24) is 5.32 Å². The molecule has 0 aliphatic carbocycles. The first kappa shape index (κ1) is 20.9. The number of nitrogens with one attached hydrogen (secondary N) is 1. The van der Waals surface area contributed by atoms with E-state index in [1.807, 2.05) is 24.3 Å². The van der Waals surface area contributed by atoms with Crippen LogP contribution in [-0.4, -0.2) is 19.6 Å². The standard InChI is InChI=1S/C19H23FN2O2.ClH/c1-12(2)13-4-6-14(7-5-13)18(21)11-22-19(23)16-9-8-15(24-3)10-17(16)20;/h4-10,12,18H,11,21H2,1-3H3,(H,22,23);1H. The Labute approximate surface area is 154 Å². The van der Waals surface area contributed by atoms with Crippen LogP contribution in [-0.2, 0) is 0 Å². The molecule has 4 nitrogen and oxygen atoms in total. The van der Waals surface area contributed by atoms with Crippen LogP contribution in [0.25, 0.3) is 0 Å². The molecule has 2 rings (SSSR count). The van der Waals surface area contributed by atoms with Crippen molar-refractivity contribution in [2.24, 2.45) is 5.73 Å². The second-order valence-electron chi connectivity index (χ2n) is 5.98. The van der Waals surface area contributed by atoms with E-state index in [9.17, 15) is 9.18 Å². The Morgan fingerprint density at radius 1 is 1.16 bits per heavy atom. The number of amides is 1. The van der Waals surface area contributed by atoms with Crippen molar-refractivity contribution in [3.05, 3.63) is 65.0 Å². The lowest BCUT2D eigenvalue weighted by Crippen LogP contribution is -2.32. The molecule has 6 heteroatoms. The number of methoxy groups -OCH3 is 1. The Morgan fingerprint density at radius 3 is 2.28 bits per heavy atom. The van der Waals surface area contributed by atoms with E-state index < -0.39 is 11.7 Å². The highest BCUT2D eigenvalue weighted by atomic mass is 35.5. The zero-order chi connectivity index (χ0) is 17.7. The van der Waals surface area contributed by atoms with Crippen LogP contribution in [0.15, 0.2) is 42.5 Å². The first-order valence-electron chi connectivity index (χ1n) is 7.89. The maximum absolute atomic E-state index is 13.9. The van der Waals surface area contributed by atoms with Crippen molar-refractivity contribution in [1.29, 1.82) is 0 Å². The van der Waals surface area contributed by atoms with Gasteiger partial charge in [-0.25, -0.2) is 4.39 Å². The third kappa shape index (κ3) is 5.44. The van der Waals surface area contributed by atoms with Gasteiger partial charge in [-0.1, -0.05) is 38.1 Å². The molecule has 0 heterocycles. The number of rotatable bonds is 6. The van der Waals surface area contributed by atoms with Gasteiger partial charge in [-0.05, 0) is 29.2 Å². The second kappa shape index (κ2) is 9.39. The smallest absolute Gasteiger partial charge is 0.254 e. The monoisotopic (exact) mass is 366 g/mol. The Morgan fingerprint density at radius 2 is 1.76 bits per heavy atom. The summed E-state index contributed by atoms with van der Waals surface area (Å²) in [5.74, 6) is -0.301. The van der Waals surface area contributed by atoms with Crippen LogP contribution in [0, 0.1) is 5.82 Å². The van der Waals surface area contributed by atoms with Crippen LogP contribution >= 0.6 is 12.4 Å². The molecular formula is C19H24ClFN2O2. The van der Waals surface area contributed by atoms with E-state index >= 15 is 0 Å². The zero-order valence-corrected chi connectivity index (χ0v) is 15.4. The lowest BCUT2D eigenvalue weighted by Gasteiger charge is -2.15. The molecule has 0 aliphatic heterocycles. The van der Waals surface area contributed by atoms with Crippen LogP contribution < -0.4 is 15.8 Å². The van der Waals surface area contributed by atoms with Gasteiger partial charge in [-0.15, -0.1) is 12.4 Å². The van der Waals surface area contributed by atoms with Crippen LogP contribution in [0.5, 0.6) is 5.75 Å². The number of nitrogens with two attached hydrogens (primary N) is 1. The second-order valence-corrected chi connectivity index (χ2v) is 5.98. The summed E-state index contributed by atoms with van der Waals surface area (Å²) < 4.78 is 18.8. The molecule has 2 aromatic carbocycles. The van der Waals surface area contributed by atoms with E-state index in [0.29, 0.717) is 11.7 Å².